The SMILES string of the molecule is CCCc1[c]c(OC)ccc1. The average Bonchev–Trinajstić information content (AvgIpc) is 2.06. The Labute approximate surface area is 68.0 Å². The molecule has 59 valence electrons. The van der Waals surface area contributed by atoms with Crippen molar-refractivity contribution in [2.75, 3.05) is 7.11 Å². The van der Waals surface area contributed by atoms with Crippen LogP contribution in [0.1, 0.15) is 18.9 Å². The third kappa shape index (κ3) is 2.26. The molecule has 1 nitrogen and oxygen atoms in total. The molecule has 0 spiro atoms. The van der Waals surface area contributed by atoms with Gasteiger partial charge in [-0.3, -0.25) is 0 Å². The van der Waals surface area contributed by atoms with Crippen molar-refractivity contribution >= 4 is 0 Å². The molecule has 0 unspecified atom stereocenters. The van der Waals surface area contributed by atoms with Crippen LogP contribution in [0.25, 0.3) is 0 Å². The molecule has 0 atom stereocenters. The van der Waals surface area contributed by atoms with Gasteiger partial charge in [-0.25, -0.2) is 0 Å². The van der Waals surface area contributed by atoms with E-state index in [4.69, 9.17) is 4.74 Å². The van der Waals surface area contributed by atoms with Gasteiger partial charge in [0.1, 0.15) is 5.75 Å². The minimum Gasteiger partial charge on any atom is -0.496 e. The number of hydrogen-bond donors (Lipinski definition) is 0. The third-order valence-electron chi connectivity index (χ3n) is 1.57. The molecule has 0 saturated carbocycles. The summed E-state index contributed by atoms with van der Waals surface area (Å²) < 4.78 is 5.05. The monoisotopic (exact) mass is 149 g/mol. The summed E-state index contributed by atoms with van der Waals surface area (Å²) in [4.78, 5) is 0. The molecule has 0 bridgehead atoms. The molecule has 0 saturated heterocycles. The zero-order valence-electron chi connectivity index (χ0n) is 7.05. The van der Waals surface area contributed by atoms with Gasteiger partial charge in [0.15, 0.2) is 0 Å². The van der Waals surface area contributed by atoms with Crippen LogP contribution in [0, 0.1) is 6.07 Å². The molecule has 0 aromatic heterocycles. The van der Waals surface area contributed by atoms with Crippen LogP contribution in [0.5, 0.6) is 5.75 Å². The normalized spacial score (nSPS) is 9.64. The van der Waals surface area contributed by atoms with E-state index >= 15 is 0 Å². The first-order chi connectivity index (χ1) is 5.36. The molecule has 11 heavy (non-hydrogen) atoms. The minimum atomic E-state index is 0.830. The quantitative estimate of drug-likeness (QED) is 0.641. The topological polar surface area (TPSA) is 9.23 Å². The molecule has 1 aromatic rings. The highest BCUT2D eigenvalue weighted by molar-refractivity contribution is 5.26. The number of methoxy groups -OCH3 is 1. The molecule has 0 aliphatic heterocycles. The van der Waals surface area contributed by atoms with Gasteiger partial charge >= 0.3 is 0 Å². The van der Waals surface area contributed by atoms with E-state index in [2.05, 4.69) is 19.1 Å². The first-order valence-corrected chi connectivity index (χ1v) is 3.92. The lowest BCUT2D eigenvalue weighted by Crippen LogP contribution is -1.86. The van der Waals surface area contributed by atoms with Crippen molar-refractivity contribution in [1.29, 1.82) is 0 Å². The number of aryl methyl sites for hydroxylation is 1. The van der Waals surface area contributed by atoms with Crippen LogP contribution in [0.3, 0.4) is 0 Å². The Morgan fingerprint density at radius 3 is 2.91 bits per heavy atom. The summed E-state index contributed by atoms with van der Waals surface area (Å²) in [7, 11) is 1.67. The Kier molecular flexibility index (Phi) is 2.96. The molecule has 1 aromatic carbocycles. The summed E-state index contributed by atoms with van der Waals surface area (Å²) in [5, 5.41) is 0. The van der Waals surface area contributed by atoms with Gasteiger partial charge in [-0.05, 0) is 18.1 Å². The van der Waals surface area contributed by atoms with E-state index in [0.717, 1.165) is 18.6 Å². The number of ether oxygens (including phenoxy) is 1. The largest absolute Gasteiger partial charge is 0.496 e. The number of hydrogen-bond acceptors (Lipinski definition) is 1. The summed E-state index contributed by atoms with van der Waals surface area (Å²) in [5.74, 6) is 0.830. The summed E-state index contributed by atoms with van der Waals surface area (Å²) in [5.41, 5.74) is 1.23. The van der Waals surface area contributed by atoms with Gasteiger partial charge in [-0.15, -0.1) is 0 Å². The molecule has 0 aliphatic carbocycles. The van der Waals surface area contributed by atoms with Gasteiger partial charge in [-0.2, -0.15) is 0 Å². The maximum absolute atomic E-state index is 5.05. The number of rotatable bonds is 3. The smallest absolute Gasteiger partial charge is 0.127 e. The van der Waals surface area contributed by atoms with E-state index < -0.39 is 0 Å². The first kappa shape index (κ1) is 8.12. The molecule has 0 heterocycles. The standard InChI is InChI=1S/C10H13O/c1-3-5-9-6-4-7-10(8-9)11-2/h4,6-7H,3,5H2,1-2H3. The fourth-order valence-electron chi connectivity index (χ4n) is 1.03. The predicted molar refractivity (Wildman–Crippen MR) is 45.8 cm³/mol. The van der Waals surface area contributed by atoms with Crippen molar-refractivity contribution in [3.63, 3.8) is 0 Å². The molecular weight excluding hydrogens is 136 g/mol. The second-order valence-corrected chi connectivity index (χ2v) is 2.49. The van der Waals surface area contributed by atoms with Gasteiger partial charge in [0.2, 0.25) is 0 Å². The van der Waals surface area contributed by atoms with E-state index in [0.29, 0.717) is 0 Å². The summed E-state index contributed by atoms with van der Waals surface area (Å²) >= 11 is 0. The molecular formula is C10H13O. The van der Waals surface area contributed by atoms with Crippen molar-refractivity contribution in [2.24, 2.45) is 0 Å². The second-order valence-electron chi connectivity index (χ2n) is 2.49. The van der Waals surface area contributed by atoms with Gasteiger partial charge in [0.25, 0.3) is 0 Å². The highest BCUT2D eigenvalue weighted by Gasteiger charge is 1.93. The Morgan fingerprint density at radius 1 is 1.45 bits per heavy atom. The minimum absolute atomic E-state index is 0.830. The van der Waals surface area contributed by atoms with Crippen molar-refractivity contribution in [1.82, 2.24) is 0 Å². The van der Waals surface area contributed by atoms with Gasteiger partial charge in [0, 0.05) is 6.07 Å². The zero-order chi connectivity index (χ0) is 8.10. The van der Waals surface area contributed by atoms with E-state index in [1.54, 1.807) is 7.11 Å². The van der Waals surface area contributed by atoms with Crippen LogP contribution < -0.4 is 4.74 Å². The van der Waals surface area contributed by atoms with Crippen LogP contribution in [0.2, 0.25) is 0 Å². The van der Waals surface area contributed by atoms with Gasteiger partial charge in [-0.1, -0.05) is 25.5 Å². The van der Waals surface area contributed by atoms with Crippen LogP contribution in [-0.2, 0) is 6.42 Å². The molecule has 0 amide bonds. The maximum atomic E-state index is 5.05. The third-order valence-corrected chi connectivity index (χ3v) is 1.57. The molecule has 1 radical (unpaired) electrons. The van der Waals surface area contributed by atoms with E-state index in [-0.39, 0.29) is 0 Å². The second kappa shape index (κ2) is 4.02. The fourth-order valence-corrected chi connectivity index (χ4v) is 1.03. The van der Waals surface area contributed by atoms with Crippen LogP contribution >= 0.6 is 0 Å². The Morgan fingerprint density at radius 2 is 2.27 bits per heavy atom. The van der Waals surface area contributed by atoms with Crippen molar-refractivity contribution < 1.29 is 4.74 Å². The van der Waals surface area contributed by atoms with E-state index in [1.165, 1.54) is 5.56 Å². The lowest BCUT2D eigenvalue weighted by atomic mass is 10.1. The van der Waals surface area contributed by atoms with Crippen molar-refractivity contribution in [3.8, 4) is 5.75 Å². The first-order valence-electron chi connectivity index (χ1n) is 3.92. The summed E-state index contributed by atoms with van der Waals surface area (Å²) in [6.07, 6.45) is 2.24. The molecule has 0 N–H and O–H groups in total. The lowest BCUT2D eigenvalue weighted by Gasteiger charge is -2.00. The average molecular weight is 149 g/mol. The van der Waals surface area contributed by atoms with Gasteiger partial charge in [0.05, 0.1) is 7.11 Å². The summed E-state index contributed by atoms with van der Waals surface area (Å²) in [6, 6.07) is 9.16. The van der Waals surface area contributed by atoms with E-state index in [9.17, 15) is 0 Å². The number of benzene rings is 1. The molecule has 0 aliphatic rings. The Hall–Kier alpha value is -0.980. The molecule has 1 rings (SSSR count). The van der Waals surface area contributed by atoms with Gasteiger partial charge < -0.3 is 4.74 Å². The van der Waals surface area contributed by atoms with Crippen molar-refractivity contribution in [2.45, 2.75) is 19.8 Å². The Bertz CT molecular complexity index is 218. The van der Waals surface area contributed by atoms with E-state index in [1.807, 2.05) is 12.1 Å². The predicted octanol–water partition coefficient (Wildman–Crippen LogP) is 2.45. The fraction of sp³-hybridized carbons (Fsp3) is 0.400. The van der Waals surface area contributed by atoms with Crippen LogP contribution in [0.4, 0.5) is 0 Å². The zero-order valence-corrected chi connectivity index (χ0v) is 7.05. The highest BCUT2D eigenvalue weighted by atomic mass is 16.5. The molecule has 0 fully saturated rings. The maximum Gasteiger partial charge on any atom is 0.127 e. The van der Waals surface area contributed by atoms with Crippen molar-refractivity contribution in [3.05, 3.63) is 29.8 Å². The molecule has 1 heteroatoms. The van der Waals surface area contributed by atoms with Crippen LogP contribution in [0.15, 0.2) is 18.2 Å². The lowest BCUT2D eigenvalue weighted by molar-refractivity contribution is 0.413. The Balaban J connectivity index is 2.74. The highest BCUT2D eigenvalue weighted by Crippen LogP contribution is 2.12. The summed E-state index contributed by atoms with van der Waals surface area (Å²) in [6.45, 7) is 2.16. The van der Waals surface area contributed by atoms with Crippen LogP contribution in [-0.4, -0.2) is 7.11 Å².